The molecular formula is C28H19NO2. The fourth-order valence-electron chi connectivity index (χ4n) is 3.98. The molecule has 31 heavy (non-hydrogen) atoms. The molecule has 1 heterocycles. The van der Waals surface area contributed by atoms with Gasteiger partial charge in [0, 0.05) is 16.5 Å². The minimum Gasteiger partial charge on any atom is -0.353 e. The molecule has 0 bridgehead atoms. The van der Waals surface area contributed by atoms with E-state index in [2.05, 4.69) is 17.1 Å². The van der Waals surface area contributed by atoms with Crippen LogP contribution in [0.5, 0.6) is 0 Å². The van der Waals surface area contributed by atoms with E-state index in [0.29, 0.717) is 16.6 Å². The van der Waals surface area contributed by atoms with Gasteiger partial charge in [-0.05, 0) is 17.2 Å². The predicted octanol–water partition coefficient (Wildman–Crippen LogP) is 6.57. The minimum atomic E-state index is -0.516. The summed E-state index contributed by atoms with van der Waals surface area (Å²) in [5.74, 6) is -1.03. The molecule has 0 aliphatic rings. The summed E-state index contributed by atoms with van der Waals surface area (Å²) >= 11 is 0. The second-order valence-electron chi connectivity index (χ2n) is 7.36. The fraction of sp³-hybridized carbons (Fsp3) is 0. The number of nitrogens with one attached hydrogen (secondary N) is 1. The highest BCUT2D eigenvalue weighted by molar-refractivity contribution is 6.50. The van der Waals surface area contributed by atoms with Crippen molar-refractivity contribution in [1.29, 1.82) is 0 Å². The van der Waals surface area contributed by atoms with E-state index in [-0.39, 0.29) is 0 Å². The minimum absolute atomic E-state index is 0.380. The van der Waals surface area contributed by atoms with Crippen molar-refractivity contribution in [2.45, 2.75) is 0 Å². The topological polar surface area (TPSA) is 49.9 Å². The van der Waals surface area contributed by atoms with Crippen molar-refractivity contribution in [3.63, 3.8) is 0 Å². The Morgan fingerprint density at radius 3 is 1.77 bits per heavy atom. The van der Waals surface area contributed by atoms with Crippen LogP contribution in [-0.2, 0) is 0 Å². The Morgan fingerprint density at radius 1 is 0.548 bits per heavy atom. The zero-order valence-corrected chi connectivity index (χ0v) is 16.7. The summed E-state index contributed by atoms with van der Waals surface area (Å²) in [6.45, 7) is 0. The smallest absolute Gasteiger partial charge is 0.235 e. The van der Waals surface area contributed by atoms with Crippen LogP contribution >= 0.6 is 0 Å². The molecule has 0 atom stereocenters. The molecule has 5 aromatic rings. The van der Waals surface area contributed by atoms with Gasteiger partial charge in [0.2, 0.25) is 11.6 Å². The lowest BCUT2D eigenvalue weighted by molar-refractivity contribution is 0.0818. The monoisotopic (exact) mass is 401 g/mol. The first-order chi connectivity index (χ1) is 15.2. The predicted molar refractivity (Wildman–Crippen MR) is 124 cm³/mol. The number of rotatable bonds is 5. The number of carbonyl (C=O) groups is 2. The summed E-state index contributed by atoms with van der Waals surface area (Å²) in [5.41, 5.74) is 5.46. The van der Waals surface area contributed by atoms with E-state index in [1.807, 2.05) is 66.7 Å². The number of aromatic nitrogens is 1. The third-order valence-electron chi connectivity index (χ3n) is 5.45. The molecule has 3 heteroatoms. The van der Waals surface area contributed by atoms with Gasteiger partial charge in [-0.1, -0.05) is 103 Å². The molecule has 0 amide bonds. The van der Waals surface area contributed by atoms with Crippen LogP contribution in [0.1, 0.15) is 20.7 Å². The maximum atomic E-state index is 13.2. The summed E-state index contributed by atoms with van der Waals surface area (Å²) in [5, 5.41) is 0.914. The van der Waals surface area contributed by atoms with E-state index in [1.54, 1.807) is 30.3 Å². The summed E-state index contributed by atoms with van der Waals surface area (Å²) in [6, 6.07) is 34.3. The Balaban J connectivity index is 1.74. The van der Waals surface area contributed by atoms with Crippen LogP contribution in [0.15, 0.2) is 109 Å². The van der Waals surface area contributed by atoms with Gasteiger partial charge in [-0.3, -0.25) is 9.59 Å². The van der Waals surface area contributed by atoms with Gasteiger partial charge >= 0.3 is 0 Å². The van der Waals surface area contributed by atoms with Crippen molar-refractivity contribution in [3.8, 4) is 22.4 Å². The molecule has 1 aromatic heterocycles. The van der Waals surface area contributed by atoms with Crippen LogP contribution in [0.25, 0.3) is 33.3 Å². The quantitative estimate of drug-likeness (QED) is 0.267. The molecule has 0 spiro atoms. The molecule has 0 unspecified atom stereocenters. The van der Waals surface area contributed by atoms with Gasteiger partial charge in [-0.2, -0.15) is 0 Å². The molecule has 4 aromatic carbocycles. The molecule has 148 valence electrons. The average Bonchev–Trinajstić information content (AvgIpc) is 3.24. The number of Topliss-reactive ketones (excluding diaryl/α,β-unsaturated/α-hetero) is 2. The first-order valence-corrected chi connectivity index (χ1v) is 10.1. The van der Waals surface area contributed by atoms with Crippen LogP contribution in [0.4, 0.5) is 0 Å². The first-order valence-electron chi connectivity index (χ1n) is 10.1. The van der Waals surface area contributed by atoms with Crippen LogP contribution in [0.2, 0.25) is 0 Å². The van der Waals surface area contributed by atoms with Crippen molar-refractivity contribution in [2.75, 3.05) is 0 Å². The fourth-order valence-corrected chi connectivity index (χ4v) is 3.98. The lowest BCUT2D eigenvalue weighted by atomic mass is 9.96. The SMILES string of the molecule is O=C(C(=O)c1cccc2c(-c3ccccc3)c(-c3ccccc3)[nH]c12)c1ccccc1. The third-order valence-corrected chi connectivity index (χ3v) is 5.45. The number of hydrogen-bond acceptors (Lipinski definition) is 2. The average molecular weight is 401 g/mol. The Labute approximate surface area is 180 Å². The van der Waals surface area contributed by atoms with Crippen molar-refractivity contribution in [2.24, 2.45) is 0 Å². The van der Waals surface area contributed by atoms with Gasteiger partial charge in [-0.25, -0.2) is 0 Å². The maximum absolute atomic E-state index is 13.2. The van der Waals surface area contributed by atoms with Gasteiger partial charge in [0.05, 0.1) is 16.8 Å². The molecule has 0 aliphatic heterocycles. The van der Waals surface area contributed by atoms with Gasteiger partial charge in [0.15, 0.2) is 0 Å². The summed E-state index contributed by atoms with van der Waals surface area (Å²) < 4.78 is 0. The lowest BCUT2D eigenvalue weighted by Gasteiger charge is -2.06. The number of aromatic amines is 1. The van der Waals surface area contributed by atoms with E-state index in [0.717, 1.165) is 27.8 Å². The highest BCUT2D eigenvalue weighted by Crippen LogP contribution is 2.39. The third kappa shape index (κ3) is 3.36. The highest BCUT2D eigenvalue weighted by Gasteiger charge is 2.23. The van der Waals surface area contributed by atoms with E-state index in [1.165, 1.54) is 0 Å². The van der Waals surface area contributed by atoms with E-state index in [4.69, 9.17) is 0 Å². The number of ketones is 2. The molecule has 5 rings (SSSR count). The van der Waals surface area contributed by atoms with Crippen LogP contribution in [0, 0.1) is 0 Å². The Kier molecular flexibility index (Phi) is 4.77. The maximum Gasteiger partial charge on any atom is 0.235 e. The van der Waals surface area contributed by atoms with E-state index in [9.17, 15) is 9.59 Å². The molecular weight excluding hydrogens is 382 g/mol. The normalized spacial score (nSPS) is 10.8. The highest BCUT2D eigenvalue weighted by atomic mass is 16.2. The first kappa shape index (κ1) is 18.8. The zero-order valence-electron chi connectivity index (χ0n) is 16.7. The standard InChI is InChI=1S/C28H19NO2/c30-27(21-15-8-3-9-16-21)28(31)23-18-10-17-22-24(19-11-4-1-5-12-19)25(29-26(22)23)20-13-6-2-7-14-20/h1-18,29H. The van der Waals surface area contributed by atoms with Crippen LogP contribution in [0.3, 0.4) is 0 Å². The molecule has 0 saturated carbocycles. The Hall–Kier alpha value is -4.24. The van der Waals surface area contributed by atoms with Crippen molar-refractivity contribution < 1.29 is 9.59 Å². The molecule has 0 saturated heterocycles. The number of hydrogen-bond donors (Lipinski definition) is 1. The Bertz CT molecular complexity index is 1380. The second-order valence-corrected chi connectivity index (χ2v) is 7.36. The van der Waals surface area contributed by atoms with E-state index < -0.39 is 11.6 Å². The van der Waals surface area contributed by atoms with Crippen LogP contribution < -0.4 is 0 Å². The molecule has 0 radical (unpaired) electrons. The molecule has 0 aliphatic carbocycles. The summed E-state index contributed by atoms with van der Waals surface area (Å²) in [7, 11) is 0. The number of benzene rings is 4. The number of fused-ring (bicyclic) bond motifs is 1. The largest absolute Gasteiger partial charge is 0.353 e. The number of carbonyl (C=O) groups excluding carboxylic acids is 2. The van der Waals surface area contributed by atoms with Crippen molar-refractivity contribution >= 4 is 22.5 Å². The van der Waals surface area contributed by atoms with Crippen molar-refractivity contribution in [1.82, 2.24) is 4.98 Å². The lowest BCUT2D eigenvalue weighted by Crippen LogP contribution is -2.14. The van der Waals surface area contributed by atoms with Gasteiger partial charge in [0.1, 0.15) is 0 Å². The van der Waals surface area contributed by atoms with Gasteiger partial charge in [0.25, 0.3) is 0 Å². The Morgan fingerprint density at radius 2 is 1.13 bits per heavy atom. The molecule has 0 fully saturated rings. The summed E-state index contributed by atoms with van der Waals surface area (Å²) in [4.78, 5) is 29.5. The van der Waals surface area contributed by atoms with Crippen LogP contribution in [-0.4, -0.2) is 16.6 Å². The summed E-state index contributed by atoms with van der Waals surface area (Å²) in [6.07, 6.45) is 0. The second kappa shape index (κ2) is 7.88. The van der Waals surface area contributed by atoms with E-state index >= 15 is 0 Å². The number of para-hydroxylation sites is 1. The van der Waals surface area contributed by atoms with Crippen molar-refractivity contribution in [3.05, 3.63) is 120 Å². The number of H-pyrrole nitrogens is 1. The van der Waals surface area contributed by atoms with Gasteiger partial charge < -0.3 is 4.98 Å². The zero-order chi connectivity index (χ0) is 21.2. The molecule has 3 nitrogen and oxygen atoms in total. The molecule has 1 N–H and O–H groups in total. The van der Waals surface area contributed by atoms with Gasteiger partial charge in [-0.15, -0.1) is 0 Å².